The Kier molecular flexibility index (Phi) is 2.34. The third kappa shape index (κ3) is 1.35. The van der Waals surface area contributed by atoms with Crippen molar-refractivity contribution in [1.29, 1.82) is 0 Å². The van der Waals surface area contributed by atoms with Crippen molar-refractivity contribution >= 4 is 5.97 Å². The smallest absolute Gasteiger partial charge is 0.333 e. The van der Waals surface area contributed by atoms with Crippen LogP contribution in [0.25, 0.3) is 0 Å². The van der Waals surface area contributed by atoms with Crippen molar-refractivity contribution in [1.82, 2.24) is 0 Å². The normalized spacial score (nSPS) is 44.4. The van der Waals surface area contributed by atoms with E-state index in [0.29, 0.717) is 17.4 Å². The maximum atomic E-state index is 11.6. The summed E-state index contributed by atoms with van der Waals surface area (Å²) in [5.41, 5.74) is 0.538. The van der Waals surface area contributed by atoms with E-state index in [1.807, 2.05) is 0 Å². The molecule has 3 fully saturated rings. The Hall–Kier alpha value is -0.790. The minimum Gasteiger partial charge on any atom is -0.458 e. The lowest BCUT2D eigenvalue weighted by atomic mass is 9.82. The van der Waals surface area contributed by atoms with Gasteiger partial charge in [0.25, 0.3) is 0 Å². The number of ether oxygens (including phenoxy) is 1. The summed E-state index contributed by atoms with van der Waals surface area (Å²) in [5.74, 6) is 2.88. The van der Waals surface area contributed by atoms with Gasteiger partial charge in [-0.15, -0.1) is 0 Å². The van der Waals surface area contributed by atoms with Crippen LogP contribution in [0.2, 0.25) is 0 Å². The Bertz CT molecular complexity index is 316. The number of esters is 1. The summed E-state index contributed by atoms with van der Waals surface area (Å²) in [6.07, 6.45) is 6.91. The van der Waals surface area contributed by atoms with Crippen molar-refractivity contribution in [2.24, 2.45) is 23.7 Å². The Morgan fingerprint density at radius 3 is 2.12 bits per heavy atom. The molecule has 0 aromatic carbocycles. The molecular weight excluding hydrogens is 200 g/mol. The lowest BCUT2D eigenvalue weighted by Gasteiger charge is -2.22. The Labute approximate surface area is 97.1 Å². The molecule has 3 rings (SSSR count). The largest absolute Gasteiger partial charge is 0.458 e. The van der Waals surface area contributed by atoms with Crippen molar-refractivity contribution in [3.63, 3.8) is 0 Å². The molecule has 0 heterocycles. The van der Waals surface area contributed by atoms with E-state index in [4.69, 9.17) is 4.74 Å². The first-order valence-electron chi connectivity index (χ1n) is 6.55. The zero-order chi connectivity index (χ0) is 11.3. The van der Waals surface area contributed by atoms with Crippen LogP contribution in [0.3, 0.4) is 0 Å². The van der Waals surface area contributed by atoms with Gasteiger partial charge in [0.15, 0.2) is 0 Å². The molecule has 2 bridgehead atoms. The number of hydrogen-bond acceptors (Lipinski definition) is 2. The van der Waals surface area contributed by atoms with Crippen LogP contribution in [0.15, 0.2) is 12.2 Å². The van der Waals surface area contributed by atoms with Crippen LogP contribution < -0.4 is 0 Å². The molecule has 0 aromatic heterocycles. The second-order valence-electron chi connectivity index (χ2n) is 5.81. The van der Waals surface area contributed by atoms with Crippen LogP contribution in [-0.2, 0) is 9.53 Å². The van der Waals surface area contributed by atoms with Gasteiger partial charge < -0.3 is 4.74 Å². The second-order valence-corrected chi connectivity index (χ2v) is 5.81. The van der Waals surface area contributed by atoms with E-state index >= 15 is 0 Å². The van der Waals surface area contributed by atoms with Gasteiger partial charge in [-0.3, -0.25) is 0 Å². The summed E-state index contributed by atoms with van der Waals surface area (Å²) in [6.45, 7) is 5.40. The van der Waals surface area contributed by atoms with Crippen LogP contribution in [0.4, 0.5) is 0 Å². The Morgan fingerprint density at radius 2 is 1.62 bits per heavy atom. The standard InChI is InChI=1S/C14H20O2/c1-8(2)14(15)16-13-11-6-7-12(13)10-5-3-4-9(10)11/h9-13H,1,3-7H2,2H3. The molecular formula is C14H20O2. The molecule has 4 unspecified atom stereocenters. The van der Waals surface area contributed by atoms with Crippen molar-refractivity contribution in [3.05, 3.63) is 12.2 Å². The fraction of sp³-hybridized carbons (Fsp3) is 0.786. The highest BCUT2D eigenvalue weighted by atomic mass is 16.5. The monoisotopic (exact) mass is 220 g/mol. The Balaban J connectivity index is 1.74. The number of rotatable bonds is 2. The first-order valence-corrected chi connectivity index (χ1v) is 6.55. The SMILES string of the molecule is C=C(C)C(=O)OC1C2CCC1C1CCCC12. The maximum Gasteiger partial charge on any atom is 0.333 e. The lowest BCUT2D eigenvalue weighted by molar-refractivity contribution is -0.147. The molecule has 16 heavy (non-hydrogen) atoms. The number of carbonyl (C=O) groups excluding carboxylic acids is 1. The van der Waals surface area contributed by atoms with E-state index in [0.717, 1.165) is 11.8 Å². The van der Waals surface area contributed by atoms with E-state index in [9.17, 15) is 4.79 Å². The minimum atomic E-state index is -0.179. The van der Waals surface area contributed by atoms with Crippen molar-refractivity contribution < 1.29 is 9.53 Å². The van der Waals surface area contributed by atoms with E-state index in [1.165, 1.54) is 32.1 Å². The van der Waals surface area contributed by atoms with Crippen LogP contribution in [0, 0.1) is 23.7 Å². The number of carbonyl (C=O) groups is 1. The van der Waals surface area contributed by atoms with E-state index in [2.05, 4.69) is 6.58 Å². The van der Waals surface area contributed by atoms with Crippen molar-refractivity contribution in [2.75, 3.05) is 0 Å². The topological polar surface area (TPSA) is 26.3 Å². The molecule has 4 atom stereocenters. The minimum absolute atomic E-state index is 0.179. The molecule has 0 aromatic rings. The lowest BCUT2D eigenvalue weighted by Crippen LogP contribution is -2.24. The summed E-state index contributed by atoms with van der Waals surface area (Å²) in [6, 6.07) is 0. The highest BCUT2D eigenvalue weighted by molar-refractivity contribution is 5.87. The highest BCUT2D eigenvalue weighted by Gasteiger charge is 2.57. The molecule has 0 amide bonds. The van der Waals surface area contributed by atoms with Gasteiger partial charge in [-0.1, -0.05) is 13.0 Å². The maximum absolute atomic E-state index is 11.6. The van der Waals surface area contributed by atoms with Gasteiger partial charge in [-0.2, -0.15) is 0 Å². The zero-order valence-electron chi connectivity index (χ0n) is 9.95. The molecule has 0 radical (unpaired) electrons. The first kappa shape index (κ1) is 10.4. The predicted octanol–water partition coefficient (Wildman–Crippen LogP) is 2.93. The van der Waals surface area contributed by atoms with Gasteiger partial charge in [0.2, 0.25) is 0 Å². The first-order chi connectivity index (χ1) is 7.68. The third-order valence-corrected chi connectivity index (χ3v) is 4.99. The van der Waals surface area contributed by atoms with Crippen molar-refractivity contribution in [2.45, 2.75) is 45.1 Å². The molecule has 3 aliphatic rings. The molecule has 0 aliphatic heterocycles. The molecule has 2 heteroatoms. The summed E-state index contributed by atoms with van der Waals surface area (Å²) in [4.78, 5) is 11.6. The average Bonchev–Trinajstić information content (AvgIpc) is 2.88. The molecule has 3 aliphatic carbocycles. The van der Waals surface area contributed by atoms with E-state index < -0.39 is 0 Å². The van der Waals surface area contributed by atoms with Gasteiger partial charge in [0.1, 0.15) is 6.10 Å². The summed E-state index contributed by atoms with van der Waals surface area (Å²) >= 11 is 0. The molecule has 0 N–H and O–H groups in total. The predicted molar refractivity (Wildman–Crippen MR) is 61.7 cm³/mol. The molecule has 88 valence electrons. The van der Waals surface area contributed by atoms with E-state index in [-0.39, 0.29) is 12.1 Å². The summed E-state index contributed by atoms with van der Waals surface area (Å²) in [5, 5.41) is 0. The van der Waals surface area contributed by atoms with Crippen LogP contribution >= 0.6 is 0 Å². The zero-order valence-corrected chi connectivity index (χ0v) is 9.95. The second kappa shape index (κ2) is 3.61. The van der Waals surface area contributed by atoms with Crippen molar-refractivity contribution in [3.8, 4) is 0 Å². The van der Waals surface area contributed by atoms with Gasteiger partial charge in [-0.05, 0) is 56.3 Å². The van der Waals surface area contributed by atoms with Gasteiger partial charge in [-0.25, -0.2) is 4.79 Å². The van der Waals surface area contributed by atoms with Crippen LogP contribution in [-0.4, -0.2) is 12.1 Å². The van der Waals surface area contributed by atoms with Gasteiger partial charge in [0.05, 0.1) is 0 Å². The average molecular weight is 220 g/mol. The van der Waals surface area contributed by atoms with Crippen LogP contribution in [0.5, 0.6) is 0 Å². The quantitative estimate of drug-likeness (QED) is 0.528. The highest BCUT2D eigenvalue weighted by Crippen LogP contribution is 2.59. The molecule has 0 saturated heterocycles. The fourth-order valence-corrected chi connectivity index (χ4v) is 4.43. The number of hydrogen-bond donors (Lipinski definition) is 0. The summed E-state index contributed by atoms with van der Waals surface area (Å²) in [7, 11) is 0. The van der Waals surface area contributed by atoms with E-state index in [1.54, 1.807) is 6.92 Å². The fourth-order valence-electron chi connectivity index (χ4n) is 4.43. The molecule has 3 saturated carbocycles. The Morgan fingerprint density at radius 1 is 1.06 bits per heavy atom. The van der Waals surface area contributed by atoms with Gasteiger partial charge >= 0.3 is 5.97 Å². The van der Waals surface area contributed by atoms with Gasteiger partial charge in [0, 0.05) is 5.57 Å². The third-order valence-electron chi connectivity index (χ3n) is 4.99. The van der Waals surface area contributed by atoms with Crippen LogP contribution in [0.1, 0.15) is 39.0 Å². The number of fused-ring (bicyclic) bond motifs is 5. The summed E-state index contributed by atoms with van der Waals surface area (Å²) < 4.78 is 5.66. The molecule has 2 nitrogen and oxygen atoms in total. The molecule has 0 spiro atoms.